The van der Waals surface area contributed by atoms with E-state index in [4.69, 9.17) is 4.74 Å². The summed E-state index contributed by atoms with van der Waals surface area (Å²) in [5.41, 5.74) is 3.14. The number of benzene rings is 1. The molecule has 0 spiro atoms. The summed E-state index contributed by atoms with van der Waals surface area (Å²) in [4.78, 5) is 0. The summed E-state index contributed by atoms with van der Waals surface area (Å²) in [6.45, 7) is 2.15. The Morgan fingerprint density at radius 3 is 2.52 bits per heavy atom. The van der Waals surface area contributed by atoms with Crippen molar-refractivity contribution >= 4 is 0 Å². The Morgan fingerprint density at radius 1 is 0.926 bits per heavy atom. The van der Waals surface area contributed by atoms with Crippen molar-refractivity contribution in [3.8, 4) is 5.75 Å². The third kappa shape index (κ3) is 4.44. The molecule has 5 atom stereocenters. The minimum Gasteiger partial charge on any atom is -0.497 e. The second-order valence-electron chi connectivity index (χ2n) is 9.56. The molecule has 0 aromatic heterocycles. The maximum atomic E-state index is 5.42. The van der Waals surface area contributed by atoms with E-state index in [1.54, 1.807) is 18.2 Å². The van der Waals surface area contributed by atoms with Crippen molar-refractivity contribution in [2.45, 2.75) is 77.6 Å². The van der Waals surface area contributed by atoms with Crippen molar-refractivity contribution in [1.29, 1.82) is 0 Å². The fraction of sp³-hybridized carbons (Fsp3) is 0.692. The van der Waals surface area contributed by atoms with E-state index in [1.807, 2.05) is 0 Å². The summed E-state index contributed by atoms with van der Waals surface area (Å²) >= 11 is 0. The quantitative estimate of drug-likeness (QED) is 0.510. The molecule has 4 rings (SSSR count). The molecule has 1 aromatic carbocycles. The van der Waals surface area contributed by atoms with Gasteiger partial charge in [0.1, 0.15) is 5.75 Å². The van der Waals surface area contributed by atoms with E-state index in [0.717, 1.165) is 35.3 Å². The van der Waals surface area contributed by atoms with E-state index in [-0.39, 0.29) is 0 Å². The normalized spacial score (nSPS) is 33.5. The van der Waals surface area contributed by atoms with Crippen LogP contribution < -0.4 is 4.74 Å². The predicted octanol–water partition coefficient (Wildman–Crippen LogP) is 6.99. The van der Waals surface area contributed by atoms with E-state index in [0.29, 0.717) is 0 Å². The average Bonchev–Trinajstić information content (AvgIpc) is 2.72. The molecule has 1 heteroatoms. The molecule has 0 saturated heterocycles. The van der Waals surface area contributed by atoms with Gasteiger partial charge in [0.15, 0.2) is 0 Å². The van der Waals surface area contributed by atoms with Crippen LogP contribution in [0.5, 0.6) is 5.75 Å². The molecular formula is C26H38O. The summed E-state index contributed by atoms with van der Waals surface area (Å²) in [6.07, 6.45) is 20.4. The Balaban J connectivity index is 1.31. The Kier molecular flexibility index (Phi) is 6.25. The smallest absolute Gasteiger partial charge is 0.119 e. The van der Waals surface area contributed by atoms with Crippen LogP contribution in [0.3, 0.4) is 0 Å². The highest BCUT2D eigenvalue weighted by Crippen LogP contribution is 2.49. The molecule has 3 aliphatic rings. The highest BCUT2D eigenvalue weighted by Gasteiger charge is 2.38. The van der Waals surface area contributed by atoms with Gasteiger partial charge in [-0.2, -0.15) is 0 Å². The van der Waals surface area contributed by atoms with Gasteiger partial charge < -0.3 is 4.74 Å². The largest absolute Gasteiger partial charge is 0.497 e. The van der Waals surface area contributed by atoms with E-state index < -0.39 is 0 Å². The van der Waals surface area contributed by atoms with Crippen LogP contribution in [0.25, 0.3) is 0 Å². The van der Waals surface area contributed by atoms with E-state index in [1.165, 1.54) is 70.6 Å². The first-order valence-electron chi connectivity index (χ1n) is 11.5. The van der Waals surface area contributed by atoms with Crippen LogP contribution in [-0.2, 0) is 12.8 Å². The number of rotatable bonds is 5. The zero-order chi connectivity index (χ0) is 18.6. The van der Waals surface area contributed by atoms with Crippen LogP contribution in [0.4, 0.5) is 0 Å². The van der Waals surface area contributed by atoms with Gasteiger partial charge in [-0.3, -0.25) is 0 Å². The van der Waals surface area contributed by atoms with Gasteiger partial charge >= 0.3 is 0 Å². The minimum absolute atomic E-state index is 0.930. The Labute approximate surface area is 166 Å². The number of aryl methyl sites for hydroxylation is 1. The lowest BCUT2D eigenvalue weighted by Gasteiger charge is -2.45. The topological polar surface area (TPSA) is 9.23 Å². The SMILES string of the molecule is C/C=C/CC[C@@H]1CC[C@@H]2CC(C3CCc4cc(OC)ccc4C3)CCC2C1. The number of hydrogen-bond acceptors (Lipinski definition) is 1. The molecule has 2 fully saturated rings. The van der Waals surface area contributed by atoms with Crippen molar-refractivity contribution < 1.29 is 4.74 Å². The fourth-order valence-electron chi connectivity index (χ4n) is 6.50. The predicted molar refractivity (Wildman–Crippen MR) is 114 cm³/mol. The van der Waals surface area contributed by atoms with Crippen molar-refractivity contribution in [2.24, 2.45) is 29.6 Å². The first kappa shape index (κ1) is 19.1. The molecule has 0 N–H and O–H groups in total. The summed E-state index contributed by atoms with van der Waals surface area (Å²) < 4.78 is 5.42. The lowest BCUT2D eigenvalue weighted by atomic mass is 9.61. The Morgan fingerprint density at radius 2 is 1.70 bits per heavy atom. The van der Waals surface area contributed by atoms with Crippen molar-refractivity contribution in [3.63, 3.8) is 0 Å². The number of hydrogen-bond donors (Lipinski definition) is 0. The first-order chi connectivity index (χ1) is 13.3. The maximum absolute atomic E-state index is 5.42. The zero-order valence-corrected chi connectivity index (χ0v) is 17.5. The molecule has 1 nitrogen and oxygen atoms in total. The Hall–Kier alpha value is -1.24. The molecule has 0 radical (unpaired) electrons. The molecule has 2 saturated carbocycles. The lowest BCUT2D eigenvalue weighted by Crippen LogP contribution is -2.35. The van der Waals surface area contributed by atoms with Crippen LogP contribution in [0.15, 0.2) is 30.4 Å². The monoisotopic (exact) mass is 366 g/mol. The van der Waals surface area contributed by atoms with Gasteiger partial charge in [-0.05, 0) is 124 Å². The third-order valence-electron chi connectivity index (χ3n) is 8.09. The highest BCUT2D eigenvalue weighted by atomic mass is 16.5. The van der Waals surface area contributed by atoms with Gasteiger partial charge in [-0.25, -0.2) is 0 Å². The summed E-state index contributed by atoms with van der Waals surface area (Å²) in [6, 6.07) is 6.77. The van der Waals surface area contributed by atoms with Gasteiger partial charge in [-0.1, -0.05) is 24.6 Å². The van der Waals surface area contributed by atoms with E-state index >= 15 is 0 Å². The maximum Gasteiger partial charge on any atom is 0.119 e. The average molecular weight is 367 g/mol. The summed E-state index contributed by atoms with van der Waals surface area (Å²) in [5.74, 6) is 6.04. The van der Waals surface area contributed by atoms with Crippen LogP contribution in [-0.4, -0.2) is 7.11 Å². The summed E-state index contributed by atoms with van der Waals surface area (Å²) in [5, 5.41) is 0. The molecule has 3 aliphatic carbocycles. The molecule has 3 unspecified atom stereocenters. The van der Waals surface area contributed by atoms with Gasteiger partial charge in [0.05, 0.1) is 7.11 Å². The fourth-order valence-corrected chi connectivity index (χ4v) is 6.50. The third-order valence-corrected chi connectivity index (χ3v) is 8.09. The summed E-state index contributed by atoms with van der Waals surface area (Å²) in [7, 11) is 1.78. The zero-order valence-electron chi connectivity index (χ0n) is 17.5. The van der Waals surface area contributed by atoms with Crippen LogP contribution in [0.1, 0.15) is 75.8 Å². The molecule has 0 aliphatic heterocycles. The van der Waals surface area contributed by atoms with Crippen LogP contribution >= 0.6 is 0 Å². The second-order valence-corrected chi connectivity index (χ2v) is 9.56. The van der Waals surface area contributed by atoms with Gasteiger partial charge in [0, 0.05) is 0 Å². The minimum atomic E-state index is 0.930. The van der Waals surface area contributed by atoms with E-state index in [9.17, 15) is 0 Å². The molecular weight excluding hydrogens is 328 g/mol. The van der Waals surface area contributed by atoms with Crippen molar-refractivity contribution in [1.82, 2.24) is 0 Å². The molecule has 27 heavy (non-hydrogen) atoms. The van der Waals surface area contributed by atoms with Gasteiger partial charge in [-0.15, -0.1) is 0 Å². The number of ether oxygens (including phenoxy) is 1. The number of allylic oxidation sites excluding steroid dienone is 2. The molecule has 0 amide bonds. The van der Waals surface area contributed by atoms with Crippen LogP contribution in [0, 0.1) is 29.6 Å². The molecule has 0 heterocycles. The highest BCUT2D eigenvalue weighted by molar-refractivity contribution is 5.37. The molecule has 148 valence electrons. The molecule has 0 bridgehead atoms. The van der Waals surface area contributed by atoms with Crippen LogP contribution in [0.2, 0.25) is 0 Å². The van der Waals surface area contributed by atoms with E-state index in [2.05, 4.69) is 37.3 Å². The van der Waals surface area contributed by atoms with Crippen molar-refractivity contribution in [2.75, 3.05) is 7.11 Å². The van der Waals surface area contributed by atoms with Gasteiger partial charge in [0.2, 0.25) is 0 Å². The lowest BCUT2D eigenvalue weighted by molar-refractivity contribution is 0.0699. The standard InChI is InChI=1S/C26H38O/c1-3-4-5-6-19-7-8-21-16-22(10-9-20(21)15-19)23-11-12-25-18-26(27-2)14-13-24(25)17-23/h3-4,13-14,18-23H,5-12,15-17H2,1-2H3/b4-3+/t19-,20?,21-,22?,23?/m1/s1. The van der Waals surface area contributed by atoms with Crippen molar-refractivity contribution in [3.05, 3.63) is 41.5 Å². The second kappa shape index (κ2) is 8.84. The Bertz CT molecular complexity index is 646. The number of fused-ring (bicyclic) bond motifs is 2. The molecule has 1 aromatic rings. The first-order valence-corrected chi connectivity index (χ1v) is 11.5. The van der Waals surface area contributed by atoms with Gasteiger partial charge in [0.25, 0.3) is 0 Å². The number of methoxy groups -OCH3 is 1.